The number of hydrogen-bond acceptors (Lipinski definition) is 4. The van der Waals surface area contributed by atoms with E-state index in [1.165, 1.54) is 6.42 Å². The average molecular weight is 274 g/mol. The maximum absolute atomic E-state index is 5.76. The van der Waals surface area contributed by atoms with E-state index < -0.39 is 0 Å². The van der Waals surface area contributed by atoms with Gasteiger partial charge in [-0.05, 0) is 25.5 Å². The molecule has 0 aromatic carbocycles. The van der Waals surface area contributed by atoms with Crippen LogP contribution in [0.1, 0.15) is 49.5 Å². The summed E-state index contributed by atoms with van der Waals surface area (Å²) in [7, 11) is 0. The maximum atomic E-state index is 5.76. The lowest BCUT2D eigenvalue weighted by Gasteiger charge is -2.11. The fraction of sp³-hybridized carbons (Fsp3) is 0.600. The van der Waals surface area contributed by atoms with E-state index in [1.807, 2.05) is 0 Å². The molecule has 5 heteroatoms. The summed E-state index contributed by atoms with van der Waals surface area (Å²) in [4.78, 5) is 0. The Balaban J connectivity index is 1.52. The van der Waals surface area contributed by atoms with Crippen molar-refractivity contribution < 1.29 is 4.42 Å². The van der Waals surface area contributed by atoms with Gasteiger partial charge in [0.15, 0.2) is 0 Å². The van der Waals surface area contributed by atoms with Crippen LogP contribution in [-0.2, 0) is 25.8 Å². The summed E-state index contributed by atoms with van der Waals surface area (Å²) in [5.74, 6) is 4.30. The number of aromatic nitrogens is 3. The van der Waals surface area contributed by atoms with Gasteiger partial charge in [-0.1, -0.05) is 6.92 Å². The molecule has 0 amide bonds. The van der Waals surface area contributed by atoms with Crippen molar-refractivity contribution in [2.75, 3.05) is 6.54 Å². The fourth-order valence-electron chi connectivity index (χ4n) is 2.71. The van der Waals surface area contributed by atoms with Crippen molar-refractivity contribution in [3.05, 3.63) is 35.3 Å². The van der Waals surface area contributed by atoms with E-state index in [9.17, 15) is 0 Å². The van der Waals surface area contributed by atoms with Crippen molar-refractivity contribution in [1.29, 1.82) is 0 Å². The van der Waals surface area contributed by atoms with Crippen LogP contribution in [0.2, 0.25) is 0 Å². The van der Waals surface area contributed by atoms with Crippen LogP contribution in [0.25, 0.3) is 0 Å². The van der Waals surface area contributed by atoms with Gasteiger partial charge in [-0.3, -0.25) is 0 Å². The van der Waals surface area contributed by atoms with E-state index in [1.54, 1.807) is 0 Å². The smallest absolute Gasteiger partial charge is 0.134 e. The molecule has 2 aromatic rings. The first-order valence-electron chi connectivity index (χ1n) is 7.51. The quantitative estimate of drug-likeness (QED) is 0.878. The first-order valence-corrected chi connectivity index (χ1v) is 7.51. The number of hydrogen-bond donors (Lipinski definition) is 1. The molecule has 0 saturated carbocycles. The second-order valence-corrected chi connectivity index (χ2v) is 5.37. The van der Waals surface area contributed by atoms with E-state index >= 15 is 0 Å². The van der Waals surface area contributed by atoms with Crippen LogP contribution in [0, 0.1) is 0 Å². The summed E-state index contributed by atoms with van der Waals surface area (Å²) in [6, 6.07) is 4.35. The van der Waals surface area contributed by atoms with Gasteiger partial charge in [-0.2, -0.15) is 0 Å². The summed E-state index contributed by atoms with van der Waals surface area (Å²) >= 11 is 0. The molecule has 3 rings (SSSR count). The zero-order valence-electron chi connectivity index (χ0n) is 12.2. The highest BCUT2D eigenvalue weighted by atomic mass is 16.3. The van der Waals surface area contributed by atoms with Crippen LogP contribution in [0.5, 0.6) is 0 Å². The Hall–Kier alpha value is -1.62. The Bertz CT molecular complexity index is 572. The van der Waals surface area contributed by atoms with E-state index in [0.717, 1.165) is 55.5 Å². The first kappa shape index (κ1) is 13.4. The summed E-state index contributed by atoms with van der Waals surface area (Å²) < 4.78 is 8.02. The van der Waals surface area contributed by atoms with Gasteiger partial charge in [0.2, 0.25) is 0 Å². The van der Waals surface area contributed by atoms with Crippen LogP contribution in [0.15, 0.2) is 16.5 Å². The van der Waals surface area contributed by atoms with Crippen molar-refractivity contribution in [1.82, 2.24) is 20.1 Å². The van der Waals surface area contributed by atoms with Crippen LogP contribution in [-0.4, -0.2) is 21.3 Å². The zero-order valence-corrected chi connectivity index (χ0v) is 12.2. The van der Waals surface area contributed by atoms with Gasteiger partial charge in [0.05, 0.1) is 6.04 Å². The number of nitrogens with one attached hydrogen (secondary N) is 1. The number of furan rings is 1. The van der Waals surface area contributed by atoms with Crippen molar-refractivity contribution in [2.24, 2.45) is 0 Å². The molecule has 0 unspecified atom stereocenters. The third-order valence-electron chi connectivity index (χ3n) is 3.94. The van der Waals surface area contributed by atoms with Crippen LogP contribution < -0.4 is 5.32 Å². The first-order chi connectivity index (χ1) is 9.78. The lowest BCUT2D eigenvalue weighted by Crippen LogP contribution is -2.22. The topological polar surface area (TPSA) is 55.9 Å². The molecule has 0 spiro atoms. The zero-order chi connectivity index (χ0) is 13.9. The minimum absolute atomic E-state index is 0.233. The average Bonchev–Trinajstić information content (AvgIpc) is 3.15. The standard InChI is InChI=1S/C15H22N4O/c1-3-12-6-7-13(20-12)11(2)16-9-8-15-18-17-14-5-4-10-19(14)15/h6-7,11,16H,3-5,8-10H2,1-2H3/t11-/m0/s1. The molecule has 0 saturated heterocycles. The molecule has 108 valence electrons. The molecule has 0 fully saturated rings. The van der Waals surface area contributed by atoms with Gasteiger partial charge in [0.1, 0.15) is 23.2 Å². The SMILES string of the molecule is CCc1ccc([C@H](C)NCCc2nnc3n2CCC3)o1. The molecule has 0 aliphatic carbocycles. The van der Waals surface area contributed by atoms with Gasteiger partial charge in [-0.15, -0.1) is 10.2 Å². The number of nitrogens with zero attached hydrogens (tertiary/aromatic N) is 3. The monoisotopic (exact) mass is 274 g/mol. The molecule has 1 atom stereocenters. The van der Waals surface area contributed by atoms with Gasteiger partial charge >= 0.3 is 0 Å². The molecule has 1 N–H and O–H groups in total. The lowest BCUT2D eigenvalue weighted by molar-refractivity contribution is 0.409. The van der Waals surface area contributed by atoms with E-state index in [-0.39, 0.29) is 6.04 Å². The Morgan fingerprint density at radius 2 is 2.30 bits per heavy atom. The summed E-state index contributed by atoms with van der Waals surface area (Å²) in [6.07, 6.45) is 4.13. The Labute approximate surface area is 119 Å². The van der Waals surface area contributed by atoms with Crippen molar-refractivity contribution >= 4 is 0 Å². The van der Waals surface area contributed by atoms with Crippen LogP contribution in [0.3, 0.4) is 0 Å². The lowest BCUT2D eigenvalue weighted by atomic mass is 10.2. The highest BCUT2D eigenvalue weighted by Gasteiger charge is 2.17. The number of rotatable bonds is 6. The van der Waals surface area contributed by atoms with Crippen LogP contribution in [0.4, 0.5) is 0 Å². The van der Waals surface area contributed by atoms with Crippen molar-refractivity contribution in [3.63, 3.8) is 0 Å². The molecule has 1 aliphatic heterocycles. The second-order valence-electron chi connectivity index (χ2n) is 5.37. The number of fused-ring (bicyclic) bond motifs is 1. The minimum atomic E-state index is 0.233. The highest BCUT2D eigenvalue weighted by Crippen LogP contribution is 2.17. The third kappa shape index (κ3) is 2.63. The normalized spacial score (nSPS) is 15.5. The number of aryl methyl sites for hydroxylation is 2. The third-order valence-corrected chi connectivity index (χ3v) is 3.94. The molecular formula is C15H22N4O. The van der Waals surface area contributed by atoms with E-state index in [4.69, 9.17) is 4.42 Å². The molecule has 5 nitrogen and oxygen atoms in total. The van der Waals surface area contributed by atoms with Crippen molar-refractivity contribution in [3.8, 4) is 0 Å². The Morgan fingerprint density at radius 1 is 1.40 bits per heavy atom. The van der Waals surface area contributed by atoms with Gasteiger partial charge < -0.3 is 14.3 Å². The second kappa shape index (κ2) is 5.79. The highest BCUT2D eigenvalue weighted by molar-refractivity contribution is 5.10. The largest absolute Gasteiger partial charge is 0.464 e. The molecule has 20 heavy (non-hydrogen) atoms. The van der Waals surface area contributed by atoms with Gasteiger partial charge in [0.25, 0.3) is 0 Å². The summed E-state index contributed by atoms with van der Waals surface area (Å²) in [5.41, 5.74) is 0. The van der Waals surface area contributed by atoms with Gasteiger partial charge in [-0.25, -0.2) is 0 Å². The molecular weight excluding hydrogens is 252 g/mol. The predicted octanol–water partition coefficient (Wildman–Crippen LogP) is 2.27. The molecule has 2 aromatic heterocycles. The predicted molar refractivity (Wildman–Crippen MR) is 76.6 cm³/mol. The summed E-state index contributed by atoms with van der Waals surface area (Å²) in [6.45, 7) is 6.20. The van der Waals surface area contributed by atoms with Crippen molar-refractivity contribution in [2.45, 2.75) is 52.1 Å². The molecule has 3 heterocycles. The van der Waals surface area contributed by atoms with E-state index in [0.29, 0.717) is 0 Å². The van der Waals surface area contributed by atoms with Gasteiger partial charge in [0, 0.05) is 32.4 Å². The molecule has 0 bridgehead atoms. The maximum Gasteiger partial charge on any atom is 0.134 e. The fourth-order valence-corrected chi connectivity index (χ4v) is 2.71. The Kier molecular flexibility index (Phi) is 3.87. The molecule has 0 radical (unpaired) electrons. The van der Waals surface area contributed by atoms with E-state index in [2.05, 4.69) is 46.1 Å². The Morgan fingerprint density at radius 3 is 3.10 bits per heavy atom. The molecule has 1 aliphatic rings. The summed E-state index contributed by atoms with van der Waals surface area (Å²) in [5, 5.41) is 12.0. The minimum Gasteiger partial charge on any atom is -0.464 e. The van der Waals surface area contributed by atoms with Crippen LogP contribution >= 0.6 is 0 Å².